The predicted octanol–water partition coefficient (Wildman–Crippen LogP) is 3.45. The molecule has 2 aromatic rings. The molecule has 1 aromatic carbocycles. The topological polar surface area (TPSA) is 50.3 Å². The van der Waals surface area contributed by atoms with Crippen molar-refractivity contribution in [2.24, 2.45) is 0 Å². The van der Waals surface area contributed by atoms with Gasteiger partial charge in [-0.1, -0.05) is 37.3 Å². The summed E-state index contributed by atoms with van der Waals surface area (Å²) >= 11 is 1.48. The molecule has 3 rings (SSSR count). The maximum absolute atomic E-state index is 12.4. The van der Waals surface area contributed by atoms with Crippen molar-refractivity contribution in [3.63, 3.8) is 0 Å². The standard InChI is InChI=1S/C17H18N2O2S/c1-2-15(20)19-10-6-9-14(19)17-18-13(11-22-17)16(21)12-7-4-3-5-8-12/h3-5,7-8,11,14H,2,6,9-10H2,1H3/t14-/m0/s1. The minimum atomic E-state index is -0.0607. The number of aromatic nitrogens is 1. The lowest BCUT2D eigenvalue weighted by Crippen LogP contribution is -2.29. The van der Waals surface area contributed by atoms with Gasteiger partial charge in [-0.05, 0) is 12.8 Å². The van der Waals surface area contributed by atoms with Crippen molar-refractivity contribution in [1.29, 1.82) is 0 Å². The number of hydrogen-bond acceptors (Lipinski definition) is 4. The molecule has 5 heteroatoms. The number of carbonyl (C=O) groups is 2. The van der Waals surface area contributed by atoms with Gasteiger partial charge in [-0.25, -0.2) is 4.98 Å². The van der Waals surface area contributed by atoms with Crippen molar-refractivity contribution in [3.8, 4) is 0 Å². The molecule has 0 unspecified atom stereocenters. The highest BCUT2D eigenvalue weighted by molar-refractivity contribution is 7.10. The molecule has 0 spiro atoms. The van der Waals surface area contributed by atoms with Gasteiger partial charge < -0.3 is 4.90 Å². The van der Waals surface area contributed by atoms with Crippen LogP contribution in [0.25, 0.3) is 0 Å². The second-order valence-electron chi connectivity index (χ2n) is 5.36. The minimum absolute atomic E-state index is 0.0368. The second-order valence-corrected chi connectivity index (χ2v) is 6.25. The van der Waals surface area contributed by atoms with Gasteiger partial charge in [0.15, 0.2) is 0 Å². The quantitative estimate of drug-likeness (QED) is 0.812. The molecule has 0 radical (unpaired) electrons. The van der Waals surface area contributed by atoms with Gasteiger partial charge in [-0.2, -0.15) is 0 Å². The van der Waals surface area contributed by atoms with E-state index in [1.54, 1.807) is 17.5 Å². The van der Waals surface area contributed by atoms with Gasteiger partial charge in [-0.3, -0.25) is 9.59 Å². The summed E-state index contributed by atoms with van der Waals surface area (Å²) in [7, 11) is 0. The van der Waals surface area contributed by atoms with Crippen LogP contribution in [0, 0.1) is 0 Å². The number of benzene rings is 1. The first-order valence-electron chi connectivity index (χ1n) is 7.55. The van der Waals surface area contributed by atoms with Crippen molar-refractivity contribution in [3.05, 3.63) is 52.0 Å². The third-order valence-corrected chi connectivity index (χ3v) is 4.90. The Balaban J connectivity index is 1.82. The van der Waals surface area contributed by atoms with Crippen LogP contribution in [0.2, 0.25) is 0 Å². The van der Waals surface area contributed by atoms with Gasteiger partial charge in [0.25, 0.3) is 0 Å². The molecule has 4 nitrogen and oxygen atoms in total. The molecule has 0 bridgehead atoms. The zero-order valence-corrected chi connectivity index (χ0v) is 13.3. The first-order chi connectivity index (χ1) is 10.7. The summed E-state index contributed by atoms with van der Waals surface area (Å²) in [6, 6.07) is 9.21. The van der Waals surface area contributed by atoms with Gasteiger partial charge in [0, 0.05) is 23.9 Å². The van der Waals surface area contributed by atoms with E-state index < -0.39 is 0 Å². The van der Waals surface area contributed by atoms with Gasteiger partial charge >= 0.3 is 0 Å². The third kappa shape index (κ3) is 2.81. The average Bonchev–Trinajstić information content (AvgIpc) is 3.23. The molecule has 1 aliphatic heterocycles. The summed E-state index contributed by atoms with van der Waals surface area (Å²) in [5.74, 6) is 0.100. The summed E-state index contributed by atoms with van der Waals surface area (Å²) in [6.45, 7) is 2.67. The molecule has 0 saturated carbocycles. The fraction of sp³-hybridized carbons (Fsp3) is 0.353. The number of nitrogens with zero attached hydrogens (tertiary/aromatic N) is 2. The molecule has 0 N–H and O–H groups in total. The molecule has 1 fully saturated rings. The maximum Gasteiger partial charge on any atom is 0.222 e. The summed E-state index contributed by atoms with van der Waals surface area (Å²) < 4.78 is 0. The molecule has 1 aromatic heterocycles. The van der Waals surface area contributed by atoms with Crippen LogP contribution in [0.4, 0.5) is 0 Å². The fourth-order valence-electron chi connectivity index (χ4n) is 2.81. The van der Waals surface area contributed by atoms with Gasteiger partial charge in [0.2, 0.25) is 11.7 Å². The van der Waals surface area contributed by atoms with Crippen LogP contribution in [0.15, 0.2) is 35.7 Å². The zero-order chi connectivity index (χ0) is 15.5. The molecule has 1 amide bonds. The second kappa shape index (κ2) is 6.40. The SMILES string of the molecule is CCC(=O)N1CCC[C@H]1c1nc(C(=O)c2ccccc2)cs1. The largest absolute Gasteiger partial charge is 0.333 e. The van der Waals surface area contributed by atoms with Crippen molar-refractivity contribution < 1.29 is 9.59 Å². The fourth-order valence-corrected chi connectivity index (χ4v) is 3.75. The molecule has 1 saturated heterocycles. The Labute approximate surface area is 133 Å². The summed E-state index contributed by atoms with van der Waals surface area (Å²) in [5.41, 5.74) is 1.12. The molecule has 0 aliphatic carbocycles. The monoisotopic (exact) mass is 314 g/mol. The van der Waals surface area contributed by atoms with E-state index in [-0.39, 0.29) is 17.7 Å². The first-order valence-corrected chi connectivity index (χ1v) is 8.43. The molecule has 114 valence electrons. The van der Waals surface area contributed by atoms with Crippen LogP contribution in [0.5, 0.6) is 0 Å². The van der Waals surface area contributed by atoms with Crippen LogP contribution >= 0.6 is 11.3 Å². The molecule has 1 atom stereocenters. The Morgan fingerprint density at radius 1 is 1.32 bits per heavy atom. The Morgan fingerprint density at radius 2 is 2.09 bits per heavy atom. The number of hydrogen-bond donors (Lipinski definition) is 0. The number of likely N-dealkylation sites (tertiary alicyclic amines) is 1. The highest BCUT2D eigenvalue weighted by Gasteiger charge is 2.31. The average molecular weight is 314 g/mol. The van der Waals surface area contributed by atoms with Crippen molar-refractivity contribution >= 4 is 23.0 Å². The van der Waals surface area contributed by atoms with Crippen LogP contribution in [-0.2, 0) is 4.79 Å². The smallest absolute Gasteiger partial charge is 0.222 e. The minimum Gasteiger partial charge on any atom is -0.333 e. The summed E-state index contributed by atoms with van der Waals surface area (Å²) in [5, 5.41) is 2.68. The van der Waals surface area contributed by atoms with E-state index in [0.717, 1.165) is 24.4 Å². The molecular weight excluding hydrogens is 296 g/mol. The third-order valence-electron chi connectivity index (χ3n) is 3.95. The highest BCUT2D eigenvalue weighted by atomic mass is 32.1. The molecule has 2 heterocycles. The van der Waals surface area contributed by atoms with E-state index in [9.17, 15) is 9.59 Å². The number of ketones is 1. The van der Waals surface area contributed by atoms with Gasteiger partial charge in [0.05, 0.1) is 6.04 Å². The number of thiazole rings is 1. The lowest BCUT2D eigenvalue weighted by atomic mass is 10.1. The zero-order valence-electron chi connectivity index (χ0n) is 12.5. The summed E-state index contributed by atoms with van der Waals surface area (Å²) in [4.78, 5) is 30.8. The van der Waals surface area contributed by atoms with E-state index in [2.05, 4.69) is 4.98 Å². The van der Waals surface area contributed by atoms with Crippen LogP contribution in [-0.4, -0.2) is 28.1 Å². The van der Waals surface area contributed by atoms with Crippen LogP contribution in [0.3, 0.4) is 0 Å². The van der Waals surface area contributed by atoms with Crippen molar-refractivity contribution in [1.82, 2.24) is 9.88 Å². The van der Waals surface area contributed by atoms with E-state index in [0.29, 0.717) is 17.7 Å². The van der Waals surface area contributed by atoms with Gasteiger partial charge in [0.1, 0.15) is 10.7 Å². The molecular formula is C17H18N2O2S. The predicted molar refractivity (Wildman–Crippen MR) is 86.0 cm³/mol. The highest BCUT2D eigenvalue weighted by Crippen LogP contribution is 2.34. The van der Waals surface area contributed by atoms with Crippen LogP contribution in [0.1, 0.15) is 53.3 Å². The van der Waals surface area contributed by atoms with Crippen molar-refractivity contribution in [2.45, 2.75) is 32.2 Å². The van der Waals surface area contributed by atoms with E-state index >= 15 is 0 Å². The molecule has 1 aliphatic rings. The van der Waals surface area contributed by atoms with E-state index in [4.69, 9.17) is 0 Å². The number of rotatable bonds is 4. The first kappa shape index (κ1) is 14.9. The number of carbonyl (C=O) groups excluding carboxylic acids is 2. The Hall–Kier alpha value is -2.01. The van der Waals surface area contributed by atoms with E-state index in [1.165, 1.54) is 11.3 Å². The molecule has 22 heavy (non-hydrogen) atoms. The summed E-state index contributed by atoms with van der Waals surface area (Å²) in [6.07, 6.45) is 2.44. The van der Waals surface area contributed by atoms with Crippen LogP contribution < -0.4 is 0 Å². The Bertz CT molecular complexity index is 681. The lowest BCUT2D eigenvalue weighted by Gasteiger charge is -2.22. The van der Waals surface area contributed by atoms with Gasteiger partial charge in [-0.15, -0.1) is 11.3 Å². The Morgan fingerprint density at radius 3 is 2.82 bits per heavy atom. The normalized spacial score (nSPS) is 17.7. The van der Waals surface area contributed by atoms with E-state index in [1.807, 2.05) is 30.0 Å². The Kier molecular flexibility index (Phi) is 4.34. The maximum atomic E-state index is 12.4. The van der Waals surface area contributed by atoms with Crippen molar-refractivity contribution in [2.75, 3.05) is 6.54 Å². The number of amides is 1. The lowest BCUT2D eigenvalue weighted by molar-refractivity contribution is -0.131.